The molecule has 0 aliphatic carbocycles. The number of aryl methyl sites for hydroxylation is 1. The van der Waals surface area contributed by atoms with E-state index in [2.05, 4.69) is 16.0 Å². The van der Waals surface area contributed by atoms with Crippen molar-refractivity contribution in [3.05, 3.63) is 121 Å². The second kappa shape index (κ2) is 15.8. The molecule has 4 nitrogen and oxygen atoms in total. The average Bonchev–Trinajstić information content (AvgIpc) is 2.83. The van der Waals surface area contributed by atoms with Gasteiger partial charge in [0.2, 0.25) is 0 Å². The van der Waals surface area contributed by atoms with E-state index in [0.29, 0.717) is 22.5 Å². The largest absolute Gasteiger partial charge is 3.00 e. The number of rotatable bonds is 2. The summed E-state index contributed by atoms with van der Waals surface area (Å²) in [6.45, 7) is 11.2. The maximum absolute atomic E-state index is 13.5. The monoisotopic (exact) mass is 640 g/mol. The normalized spacial score (nSPS) is 8.85. The Balaban J connectivity index is 0.000000546. The fraction of sp³-hybridized carbons (Fsp3) is 0.0400. The minimum Gasteiger partial charge on any atom is -0.512 e. The molecular formula is C25H15F4IrN4. The zero-order valence-electron chi connectivity index (χ0n) is 17.6. The molecule has 4 rings (SSSR count). The van der Waals surface area contributed by atoms with Gasteiger partial charge in [0.05, 0.1) is 5.69 Å². The molecule has 0 saturated heterocycles. The zero-order chi connectivity index (χ0) is 24.8. The van der Waals surface area contributed by atoms with E-state index in [0.717, 1.165) is 18.2 Å². The molecule has 9 heteroatoms. The molecule has 0 aliphatic heterocycles. The van der Waals surface area contributed by atoms with E-state index < -0.39 is 23.3 Å². The van der Waals surface area contributed by atoms with Crippen molar-refractivity contribution in [2.24, 2.45) is 0 Å². The minimum absolute atomic E-state index is 0. The molecule has 0 N–H and O–H groups in total. The third-order valence-corrected chi connectivity index (χ3v) is 3.95. The topological polar surface area (TPSA) is 73.4 Å². The number of hydrogen-bond acceptors (Lipinski definition) is 4. The first-order valence-corrected chi connectivity index (χ1v) is 9.05. The molecule has 0 amide bonds. The van der Waals surface area contributed by atoms with E-state index in [4.69, 9.17) is 23.7 Å². The first kappa shape index (κ1) is 30.1. The first-order chi connectivity index (χ1) is 16.0. The number of halogens is 4. The van der Waals surface area contributed by atoms with Crippen LogP contribution in [0.5, 0.6) is 0 Å². The van der Waals surface area contributed by atoms with Gasteiger partial charge in [-0.15, -0.1) is 12.1 Å². The van der Waals surface area contributed by atoms with Crippen LogP contribution in [0, 0.1) is 59.9 Å². The van der Waals surface area contributed by atoms with Crippen LogP contribution in [0.4, 0.5) is 17.6 Å². The second-order valence-electron chi connectivity index (χ2n) is 6.05. The molecule has 0 aliphatic rings. The number of aromatic nitrogens is 2. The van der Waals surface area contributed by atoms with Gasteiger partial charge in [-0.1, -0.05) is 29.8 Å². The predicted molar refractivity (Wildman–Crippen MR) is 113 cm³/mol. The molecule has 0 bridgehead atoms. The Morgan fingerprint density at radius 1 is 0.735 bits per heavy atom. The van der Waals surface area contributed by atoms with Crippen LogP contribution in [0.15, 0.2) is 73.1 Å². The average molecular weight is 640 g/mol. The standard InChI is InChI=1S/C12H9F2N.C11H6F2N.2CN.Ir/c1-8-6-9(13)7-10(14)12(8)11-4-2-3-5-15-11;12-8-4-5-9(10(13)7-8)11-3-1-2-6-14-11;2*1-2;/h2-7H,1H3;1-4,6-7H;;;/q;3*-1;+3. The van der Waals surface area contributed by atoms with Crippen molar-refractivity contribution in [2.45, 2.75) is 6.92 Å². The quantitative estimate of drug-likeness (QED) is 0.189. The molecule has 2 aromatic carbocycles. The van der Waals surface area contributed by atoms with Crippen molar-refractivity contribution in [1.82, 2.24) is 9.97 Å². The van der Waals surface area contributed by atoms with Gasteiger partial charge in [0.15, 0.2) is 0 Å². The van der Waals surface area contributed by atoms with E-state index >= 15 is 0 Å². The maximum Gasteiger partial charge on any atom is 3.00 e. The molecule has 2 aromatic heterocycles. The van der Waals surface area contributed by atoms with Gasteiger partial charge in [-0.2, -0.15) is 0 Å². The number of hydrogen-bond donors (Lipinski definition) is 0. The van der Waals surface area contributed by atoms with Gasteiger partial charge in [-0.25, -0.2) is 8.78 Å². The van der Waals surface area contributed by atoms with Crippen LogP contribution in [0.25, 0.3) is 22.5 Å². The minimum atomic E-state index is -0.649. The zero-order valence-corrected chi connectivity index (χ0v) is 20.0. The molecule has 4 aromatic rings. The van der Waals surface area contributed by atoms with Gasteiger partial charge in [-0.3, -0.25) is 13.8 Å². The molecule has 0 spiro atoms. The van der Waals surface area contributed by atoms with Crippen LogP contribution in [0.1, 0.15) is 5.56 Å². The molecule has 172 valence electrons. The molecule has 0 unspecified atom stereocenters. The van der Waals surface area contributed by atoms with Crippen LogP contribution in [-0.4, -0.2) is 9.97 Å². The Morgan fingerprint density at radius 3 is 1.74 bits per heavy atom. The van der Waals surface area contributed by atoms with Gasteiger partial charge in [0.25, 0.3) is 0 Å². The number of nitrogens with zero attached hydrogens (tertiary/aromatic N) is 4. The molecule has 0 fully saturated rings. The summed E-state index contributed by atoms with van der Waals surface area (Å²) in [6.07, 6.45) is 3.13. The Labute approximate surface area is 208 Å². The van der Waals surface area contributed by atoms with Crippen molar-refractivity contribution in [3.8, 4) is 22.5 Å². The summed E-state index contributed by atoms with van der Waals surface area (Å²) in [5.74, 6) is -2.43. The third kappa shape index (κ3) is 8.55. The van der Waals surface area contributed by atoms with E-state index in [-0.39, 0.29) is 25.7 Å². The second-order valence-corrected chi connectivity index (χ2v) is 6.05. The molecule has 0 radical (unpaired) electrons. The maximum atomic E-state index is 13.5. The third-order valence-electron chi connectivity index (χ3n) is 3.95. The number of pyridine rings is 2. The Morgan fingerprint density at radius 2 is 1.26 bits per heavy atom. The van der Waals surface area contributed by atoms with Gasteiger partial charge < -0.3 is 28.7 Å². The van der Waals surface area contributed by atoms with E-state index in [1.165, 1.54) is 6.07 Å². The first-order valence-electron chi connectivity index (χ1n) is 9.05. The SMILES string of the molecule is Cc1cc(F)cc(F)c1-c1ccccn1.Fc1c[c-]c(-c2ccccn2)c(F)c1.[C-]#N.[C-]#N.[Ir+3]. The summed E-state index contributed by atoms with van der Waals surface area (Å²) < 4.78 is 52.2. The van der Waals surface area contributed by atoms with E-state index in [9.17, 15) is 17.6 Å². The van der Waals surface area contributed by atoms with Crippen molar-refractivity contribution in [2.75, 3.05) is 0 Å². The summed E-state index contributed by atoms with van der Waals surface area (Å²) >= 11 is 0. The fourth-order valence-corrected chi connectivity index (χ4v) is 2.69. The van der Waals surface area contributed by atoms with Crippen molar-refractivity contribution < 1.29 is 37.7 Å². The molecule has 0 atom stereocenters. The van der Waals surface area contributed by atoms with Crippen molar-refractivity contribution >= 4 is 0 Å². The predicted octanol–water partition coefficient (Wildman–Crippen LogP) is 6.35. The van der Waals surface area contributed by atoms with E-state index in [1.54, 1.807) is 55.7 Å². The van der Waals surface area contributed by atoms with Gasteiger partial charge in [-0.05, 0) is 42.4 Å². The van der Waals surface area contributed by atoms with Crippen LogP contribution >= 0.6 is 0 Å². The summed E-state index contributed by atoms with van der Waals surface area (Å²) in [5.41, 5.74) is 2.06. The molecule has 2 heterocycles. The van der Waals surface area contributed by atoms with Gasteiger partial charge in [0, 0.05) is 35.7 Å². The molecular weight excluding hydrogens is 625 g/mol. The van der Waals surface area contributed by atoms with Gasteiger partial charge in [0.1, 0.15) is 11.6 Å². The van der Waals surface area contributed by atoms with Crippen molar-refractivity contribution in [1.29, 1.82) is 10.5 Å². The van der Waals surface area contributed by atoms with Crippen LogP contribution in [0.3, 0.4) is 0 Å². The van der Waals surface area contributed by atoms with E-state index in [1.807, 2.05) is 0 Å². The smallest absolute Gasteiger partial charge is 0.512 e. The van der Waals surface area contributed by atoms with Crippen LogP contribution < -0.4 is 0 Å². The molecule has 0 saturated carbocycles. The molecule has 34 heavy (non-hydrogen) atoms. The Bertz CT molecular complexity index is 1170. The summed E-state index contributed by atoms with van der Waals surface area (Å²) in [5, 5.41) is 12.5. The van der Waals surface area contributed by atoms with Gasteiger partial charge >= 0.3 is 20.1 Å². The fourth-order valence-electron chi connectivity index (χ4n) is 2.69. The Hall–Kier alpha value is -3.91. The summed E-state index contributed by atoms with van der Waals surface area (Å²) in [4.78, 5) is 7.98. The Kier molecular flexibility index (Phi) is 14.0. The summed E-state index contributed by atoms with van der Waals surface area (Å²) in [6, 6.07) is 16.9. The number of benzene rings is 2. The van der Waals surface area contributed by atoms with Crippen molar-refractivity contribution in [3.63, 3.8) is 0 Å². The summed E-state index contributed by atoms with van der Waals surface area (Å²) in [7, 11) is 0. The van der Waals surface area contributed by atoms with Crippen LogP contribution in [0.2, 0.25) is 0 Å². The van der Waals surface area contributed by atoms with Crippen LogP contribution in [-0.2, 0) is 20.1 Å².